The van der Waals surface area contributed by atoms with Crippen LogP contribution in [0, 0.1) is 5.82 Å². The van der Waals surface area contributed by atoms with Crippen LogP contribution in [-0.4, -0.2) is 62.8 Å². The first kappa shape index (κ1) is 19.6. The highest BCUT2D eigenvalue weighted by Gasteiger charge is 2.27. The first-order valence-electron chi connectivity index (χ1n) is 8.12. The van der Waals surface area contributed by atoms with Crippen LogP contribution in [0.5, 0.6) is 0 Å². The second kappa shape index (κ2) is 9.70. The van der Waals surface area contributed by atoms with E-state index in [4.69, 9.17) is 21.1 Å². The lowest BCUT2D eigenvalue weighted by molar-refractivity contribution is -0.127. The van der Waals surface area contributed by atoms with Crippen LogP contribution in [0.4, 0.5) is 4.39 Å². The number of piperidine rings is 1. The predicted octanol–water partition coefficient (Wildman–Crippen LogP) is 1.86. The lowest BCUT2D eigenvalue weighted by Crippen LogP contribution is -2.47. The molecule has 0 spiro atoms. The van der Waals surface area contributed by atoms with E-state index in [-0.39, 0.29) is 29.1 Å². The summed E-state index contributed by atoms with van der Waals surface area (Å²) < 4.78 is 23.9. The van der Waals surface area contributed by atoms with Gasteiger partial charge in [0.15, 0.2) is 0 Å². The second-order valence-electron chi connectivity index (χ2n) is 5.78. The fourth-order valence-electron chi connectivity index (χ4n) is 2.66. The zero-order valence-electron chi connectivity index (χ0n) is 14.1. The van der Waals surface area contributed by atoms with Gasteiger partial charge in [-0.3, -0.25) is 9.59 Å². The summed E-state index contributed by atoms with van der Waals surface area (Å²) >= 11 is 5.94. The molecule has 0 saturated carbocycles. The van der Waals surface area contributed by atoms with Crippen molar-refractivity contribution in [2.45, 2.75) is 18.9 Å². The van der Waals surface area contributed by atoms with E-state index in [1.54, 1.807) is 12.0 Å². The second-order valence-corrected chi connectivity index (χ2v) is 6.18. The number of methoxy groups -OCH3 is 1. The van der Waals surface area contributed by atoms with Crippen molar-refractivity contribution >= 4 is 23.4 Å². The van der Waals surface area contributed by atoms with Crippen LogP contribution in [0.15, 0.2) is 18.2 Å². The first-order chi connectivity index (χ1) is 12.0. The molecule has 0 radical (unpaired) electrons. The van der Waals surface area contributed by atoms with E-state index in [9.17, 15) is 14.0 Å². The summed E-state index contributed by atoms with van der Waals surface area (Å²) in [5.41, 5.74) is -0.0989. The molecule has 2 rings (SSSR count). The molecule has 1 N–H and O–H groups in total. The zero-order valence-corrected chi connectivity index (χ0v) is 14.9. The summed E-state index contributed by atoms with van der Waals surface area (Å²) in [5.74, 6) is -1.24. The molecule has 2 amide bonds. The first-order valence-corrected chi connectivity index (χ1v) is 8.50. The molecule has 0 aliphatic carbocycles. The lowest BCUT2D eigenvalue weighted by Gasteiger charge is -2.32. The van der Waals surface area contributed by atoms with E-state index in [0.29, 0.717) is 39.1 Å². The van der Waals surface area contributed by atoms with Crippen molar-refractivity contribution < 1.29 is 23.5 Å². The maximum absolute atomic E-state index is 13.9. The molecule has 1 aliphatic heterocycles. The molecule has 138 valence electrons. The van der Waals surface area contributed by atoms with Crippen LogP contribution in [0.2, 0.25) is 5.02 Å². The van der Waals surface area contributed by atoms with Gasteiger partial charge in [-0.05, 0) is 25.0 Å². The number of likely N-dealkylation sites (tertiary alicyclic amines) is 1. The van der Waals surface area contributed by atoms with Crippen molar-refractivity contribution in [3.8, 4) is 0 Å². The van der Waals surface area contributed by atoms with Gasteiger partial charge in [-0.15, -0.1) is 0 Å². The molecule has 1 aliphatic rings. The predicted molar refractivity (Wildman–Crippen MR) is 91.2 cm³/mol. The molecule has 1 fully saturated rings. The van der Waals surface area contributed by atoms with E-state index >= 15 is 0 Å². The maximum Gasteiger partial charge on any atom is 0.258 e. The minimum absolute atomic E-state index is 0.0205. The molecule has 0 unspecified atom stereocenters. The Morgan fingerprint density at radius 2 is 2.04 bits per heavy atom. The Labute approximate surface area is 151 Å². The fraction of sp³-hybridized carbons (Fsp3) is 0.529. The normalized spacial score (nSPS) is 15.2. The SMILES string of the molecule is COCCOCC(=O)NC1CCN(C(=O)c2c(F)cccc2Cl)CC1. The summed E-state index contributed by atoms with van der Waals surface area (Å²) in [6, 6.07) is 4.15. The Bertz CT molecular complexity index is 586. The largest absolute Gasteiger partial charge is 0.382 e. The molecule has 6 nitrogen and oxygen atoms in total. The number of nitrogens with one attached hydrogen (secondary N) is 1. The van der Waals surface area contributed by atoms with Gasteiger partial charge in [0, 0.05) is 26.2 Å². The third-order valence-electron chi connectivity index (χ3n) is 3.99. The van der Waals surface area contributed by atoms with Crippen LogP contribution < -0.4 is 5.32 Å². The number of carbonyl (C=O) groups is 2. The van der Waals surface area contributed by atoms with Gasteiger partial charge < -0.3 is 19.7 Å². The summed E-state index contributed by atoms with van der Waals surface area (Å²) in [7, 11) is 1.56. The van der Waals surface area contributed by atoms with Crippen molar-refractivity contribution in [3.05, 3.63) is 34.6 Å². The molecule has 0 bridgehead atoms. The Kier molecular flexibility index (Phi) is 7.61. The number of hydrogen-bond donors (Lipinski definition) is 1. The monoisotopic (exact) mass is 372 g/mol. The topological polar surface area (TPSA) is 67.9 Å². The van der Waals surface area contributed by atoms with Crippen LogP contribution in [-0.2, 0) is 14.3 Å². The Hall–Kier alpha value is -1.70. The third-order valence-corrected chi connectivity index (χ3v) is 4.30. The van der Waals surface area contributed by atoms with Gasteiger partial charge >= 0.3 is 0 Å². The molecule has 1 aromatic rings. The Morgan fingerprint density at radius 1 is 1.32 bits per heavy atom. The van der Waals surface area contributed by atoms with Crippen molar-refractivity contribution in [3.63, 3.8) is 0 Å². The van der Waals surface area contributed by atoms with Gasteiger partial charge in [0.25, 0.3) is 5.91 Å². The quantitative estimate of drug-likeness (QED) is 0.742. The highest BCUT2D eigenvalue weighted by molar-refractivity contribution is 6.33. The van der Waals surface area contributed by atoms with Crippen molar-refractivity contribution in [2.24, 2.45) is 0 Å². The number of nitrogens with zero attached hydrogens (tertiary/aromatic N) is 1. The highest BCUT2D eigenvalue weighted by Crippen LogP contribution is 2.22. The molecule has 25 heavy (non-hydrogen) atoms. The van der Waals surface area contributed by atoms with Gasteiger partial charge in [0.2, 0.25) is 5.91 Å². The zero-order chi connectivity index (χ0) is 18.2. The summed E-state index contributed by atoms with van der Waals surface area (Å²) in [6.07, 6.45) is 1.20. The smallest absolute Gasteiger partial charge is 0.258 e. The molecular weight excluding hydrogens is 351 g/mol. The van der Waals surface area contributed by atoms with E-state index in [2.05, 4.69) is 5.32 Å². The summed E-state index contributed by atoms with van der Waals surface area (Å²) in [4.78, 5) is 25.8. The Morgan fingerprint density at radius 3 is 2.68 bits per heavy atom. The molecule has 1 saturated heterocycles. The van der Waals surface area contributed by atoms with Crippen LogP contribution >= 0.6 is 11.6 Å². The summed E-state index contributed by atoms with van der Waals surface area (Å²) in [6.45, 7) is 1.64. The van der Waals surface area contributed by atoms with Gasteiger partial charge in [0.05, 0.1) is 23.8 Å². The van der Waals surface area contributed by atoms with Crippen LogP contribution in [0.1, 0.15) is 23.2 Å². The Balaban J connectivity index is 1.79. The molecule has 0 atom stereocenters. The van der Waals surface area contributed by atoms with E-state index in [1.807, 2.05) is 0 Å². The number of hydrogen-bond acceptors (Lipinski definition) is 4. The van der Waals surface area contributed by atoms with Crippen molar-refractivity contribution in [2.75, 3.05) is 40.0 Å². The van der Waals surface area contributed by atoms with Crippen molar-refractivity contribution in [1.29, 1.82) is 0 Å². The van der Waals surface area contributed by atoms with Gasteiger partial charge in [-0.2, -0.15) is 0 Å². The molecule has 8 heteroatoms. The molecule has 0 aromatic heterocycles. The minimum atomic E-state index is -0.624. The van der Waals surface area contributed by atoms with Gasteiger partial charge in [-0.1, -0.05) is 17.7 Å². The standard InChI is InChI=1S/C17H22ClFN2O4/c1-24-9-10-25-11-15(22)20-12-5-7-21(8-6-12)17(23)16-13(18)3-2-4-14(16)19/h2-4,12H,5-11H2,1H3,(H,20,22). The lowest BCUT2D eigenvalue weighted by atomic mass is 10.0. The van der Waals surface area contributed by atoms with Gasteiger partial charge in [-0.25, -0.2) is 4.39 Å². The average Bonchev–Trinajstić information content (AvgIpc) is 2.59. The molecular formula is C17H22ClFN2O4. The van der Waals surface area contributed by atoms with E-state index < -0.39 is 11.7 Å². The third kappa shape index (κ3) is 5.66. The maximum atomic E-state index is 13.9. The minimum Gasteiger partial charge on any atom is -0.382 e. The van der Waals surface area contributed by atoms with E-state index in [1.165, 1.54) is 18.2 Å². The number of benzene rings is 1. The summed E-state index contributed by atoms with van der Waals surface area (Å²) in [5, 5.41) is 2.98. The van der Waals surface area contributed by atoms with Crippen LogP contribution in [0.25, 0.3) is 0 Å². The molecule has 1 heterocycles. The van der Waals surface area contributed by atoms with Crippen molar-refractivity contribution in [1.82, 2.24) is 10.2 Å². The number of rotatable bonds is 7. The average molecular weight is 373 g/mol. The number of carbonyl (C=O) groups excluding carboxylic acids is 2. The number of ether oxygens (including phenoxy) is 2. The highest BCUT2D eigenvalue weighted by atomic mass is 35.5. The number of amides is 2. The fourth-order valence-corrected chi connectivity index (χ4v) is 2.91. The van der Waals surface area contributed by atoms with Crippen LogP contribution in [0.3, 0.4) is 0 Å². The van der Waals surface area contributed by atoms with Gasteiger partial charge in [0.1, 0.15) is 12.4 Å². The number of halogens is 2. The molecule has 1 aromatic carbocycles. The van der Waals surface area contributed by atoms with E-state index in [0.717, 1.165) is 0 Å².